The van der Waals surface area contributed by atoms with Crippen LogP contribution in [0, 0.1) is 11.3 Å². The predicted molar refractivity (Wildman–Crippen MR) is 92.3 cm³/mol. The Morgan fingerprint density at radius 2 is 1.79 bits per heavy atom. The highest BCUT2D eigenvalue weighted by molar-refractivity contribution is 5.81. The molecule has 1 N–H and O–H groups in total. The van der Waals surface area contributed by atoms with Gasteiger partial charge in [0.15, 0.2) is 0 Å². The van der Waals surface area contributed by atoms with Crippen molar-refractivity contribution in [1.82, 2.24) is 14.9 Å². The number of alkyl halides is 3. The summed E-state index contributed by atoms with van der Waals surface area (Å²) in [6.45, 7) is 3.25. The molecular weight excluding hydrogens is 375 g/mol. The average Bonchev–Trinajstić information content (AvgIpc) is 2.57. The minimum Gasteiger partial charge on any atom is -0.460 e. The number of halogens is 3. The van der Waals surface area contributed by atoms with Gasteiger partial charge in [0, 0.05) is 36.8 Å². The van der Waals surface area contributed by atoms with Crippen LogP contribution in [0.5, 0.6) is 6.01 Å². The number of ether oxygens (including phenoxy) is 1. The number of nitrogens with zero attached hydrogens (tertiary/aromatic N) is 3. The highest BCUT2D eigenvalue weighted by Crippen LogP contribution is 2.47. The zero-order valence-electron chi connectivity index (χ0n) is 15.7. The minimum absolute atomic E-state index is 0.0311. The number of aromatic nitrogens is 2. The van der Waals surface area contributed by atoms with Crippen molar-refractivity contribution in [3.05, 3.63) is 18.0 Å². The fourth-order valence-corrected chi connectivity index (χ4v) is 4.66. The lowest BCUT2D eigenvalue weighted by molar-refractivity contribution is -0.164. The van der Waals surface area contributed by atoms with Gasteiger partial charge in [0.2, 0.25) is 5.91 Å². The van der Waals surface area contributed by atoms with E-state index in [1.807, 2.05) is 4.90 Å². The highest BCUT2D eigenvalue weighted by Gasteiger charge is 2.51. The van der Waals surface area contributed by atoms with Gasteiger partial charge < -0.3 is 14.7 Å². The van der Waals surface area contributed by atoms with Crippen LogP contribution in [-0.4, -0.2) is 50.7 Å². The number of aliphatic hydroxyl groups is 1. The van der Waals surface area contributed by atoms with E-state index in [4.69, 9.17) is 4.74 Å². The smallest absolute Gasteiger partial charge is 0.419 e. The maximum absolute atomic E-state index is 12.6. The summed E-state index contributed by atoms with van der Waals surface area (Å²) in [4.78, 5) is 21.6. The molecule has 1 aromatic heterocycles. The second-order valence-corrected chi connectivity index (χ2v) is 8.87. The van der Waals surface area contributed by atoms with Gasteiger partial charge in [-0.2, -0.15) is 13.2 Å². The van der Waals surface area contributed by atoms with Crippen LogP contribution in [0.25, 0.3) is 0 Å². The van der Waals surface area contributed by atoms with Gasteiger partial charge in [-0.3, -0.25) is 4.79 Å². The van der Waals surface area contributed by atoms with Gasteiger partial charge in [-0.15, -0.1) is 0 Å². The summed E-state index contributed by atoms with van der Waals surface area (Å²) >= 11 is 0. The molecule has 2 aliphatic carbocycles. The Bertz CT molecular complexity index is 727. The molecule has 0 radical (unpaired) electrons. The van der Waals surface area contributed by atoms with Crippen molar-refractivity contribution in [2.24, 2.45) is 11.3 Å². The van der Waals surface area contributed by atoms with E-state index < -0.39 is 17.3 Å². The summed E-state index contributed by atoms with van der Waals surface area (Å²) in [5, 5.41) is 9.80. The van der Waals surface area contributed by atoms with E-state index in [0.29, 0.717) is 12.8 Å². The lowest BCUT2D eigenvalue weighted by Gasteiger charge is -2.55. The molecule has 3 fully saturated rings. The van der Waals surface area contributed by atoms with Crippen LogP contribution in [-0.2, 0) is 11.0 Å². The summed E-state index contributed by atoms with van der Waals surface area (Å²) in [6, 6.07) is -0.0311. The molecule has 1 spiro atoms. The molecule has 1 saturated heterocycles. The first kappa shape index (κ1) is 19.4. The number of hydrogen-bond acceptors (Lipinski definition) is 5. The fourth-order valence-electron chi connectivity index (χ4n) is 4.66. The Labute approximate surface area is 161 Å². The van der Waals surface area contributed by atoms with Crippen LogP contribution in [0.1, 0.15) is 51.0 Å². The van der Waals surface area contributed by atoms with Gasteiger partial charge in [0.25, 0.3) is 0 Å². The molecule has 3 aliphatic rings. The van der Waals surface area contributed by atoms with E-state index in [0.717, 1.165) is 51.2 Å². The van der Waals surface area contributed by atoms with Crippen molar-refractivity contribution >= 4 is 5.91 Å². The average molecular weight is 399 g/mol. The zero-order chi connectivity index (χ0) is 20.2. The molecular formula is C19H24F3N3O3. The molecule has 1 aliphatic heterocycles. The van der Waals surface area contributed by atoms with Crippen molar-refractivity contribution in [2.45, 2.75) is 63.3 Å². The summed E-state index contributed by atoms with van der Waals surface area (Å²) in [6.07, 6.45) is 1.33. The van der Waals surface area contributed by atoms with Crippen molar-refractivity contribution in [3.8, 4) is 6.01 Å². The molecule has 1 amide bonds. The largest absolute Gasteiger partial charge is 0.460 e. The van der Waals surface area contributed by atoms with E-state index in [1.54, 1.807) is 6.92 Å². The number of likely N-dealkylation sites (tertiary alicyclic amines) is 1. The molecule has 6 nitrogen and oxygen atoms in total. The van der Waals surface area contributed by atoms with Crippen LogP contribution in [0.4, 0.5) is 13.2 Å². The Morgan fingerprint density at radius 3 is 2.29 bits per heavy atom. The first-order valence-corrected chi connectivity index (χ1v) is 9.62. The second-order valence-electron chi connectivity index (χ2n) is 8.87. The van der Waals surface area contributed by atoms with Gasteiger partial charge in [-0.25, -0.2) is 9.97 Å². The summed E-state index contributed by atoms with van der Waals surface area (Å²) in [5.41, 5.74) is -1.46. The standard InChI is InChI=1S/C19H24F3N3O3/c1-17(27)6-12(7-17)15(26)25-10-18(11-25)4-2-14(3-5-18)28-16-23-8-13(9-24-16)19(20,21)22/h8-9,12,14,27H,2-7,10-11H2,1H3/t12-,17+. The Kier molecular flexibility index (Phi) is 4.56. The Balaban J connectivity index is 1.23. The number of hydrogen-bond donors (Lipinski definition) is 1. The molecule has 0 bridgehead atoms. The highest BCUT2D eigenvalue weighted by atomic mass is 19.4. The number of rotatable bonds is 3. The molecule has 2 heterocycles. The minimum atomic E-state index is -4.46. The molecule has 0 aromatic carbocycles. The fraction of sp³-hybridized carbons (Fsp3) is 0.737. The third-order valence-corrected chi connectivity index (χ3v) is 6.31. The molecule has 154 valence electrons. The lowest BCUT2D eigenvalue weighted by Crippen LogP contribution is -2.63. The van der Waals surface area contributed by atoms with Gasteiger partial charge in [-0.05, 0) is 45.4 Å². The van der Waals surface area contributed by atoms with Crippen LogP contribution in [0.2, 0.25) is 0 Å². The Hall–Kier alpha value is -1.90. The molecule has 4 rings (SSSR count). The Morgan fingerprint density at radius 1 is 1.21 bits per heavy atom. The molecule has 28 heavy (non-hydrogen) atoms. The number of carbonyl (C=O) groups excluding carboxylic acids is 1. The first-order chi connectivity index (χ1) is 13.1. The van der Waals surface area contributed by atoms with Crippen molar-refractivity contribution in [3.63, 3.8) is 0 Å². The van der Waals surface area contributed by atoms with Gasteiger partial charge in [0.05, 0.1) is 11.2 Å². The van der Waals surface area contributed by atoms with Crippen molar-refractivity contribution < 1.29 is 27.8 Å². The van der Waals surface area contributed by atoms with E-state index in [-0.39, 0.29) is 29.4 Å². The summed E-state index contributed by atoms with van der Waals surface area (Å²) < 4.78 is 43.3. The summed E-state index contributed by atoms with van der Waals surface area (Å²) in [5.74, 6) is 0.0949. The van der Waals surface area contributed by atoms with E-state index in [9.17, 15) is 23.1 Å². The van der Waals surface area contributed by atoms with Crippen LogP contribution < -0.4 is 4.74 Å². The quantitative estimate of drug-likeness (QED) is 0.846. The molecule has 0 atom stereocenters. The third-order valence-electron chi connectivity index (χ3n) is 6.31. The topological polar surface area (TPSA) is 75.5 Å². The zero-order valence-corrected chi connectivity index (χ0v) is 15.7. The molecule has 2 saturated carbocycles. The predicted octanol–water partition coefficient (Wildman–Crippen LogP) is 2.81. The second kappa shape index (κ2) is 6.57. The lowest BCUT2D eigenvalue weighted by atomic mass is 9.66. The third kappa shape index (κ3) is 3.81. The molecule has 0 unspecified atom stereocenters. The van der Waals surface area contributed by atoms with Crippen LogP contribution in [0.3, 0.4) is 0 Å². The number of carbonyl (C=O) groups is 1. The van der Waals surface area contributed by atoms with E-state index >= 15 is 0 Å². The van der Waals surface area contributed by atoms with E-state index in [1.165, 1.54) is 0 Å². The van der Waals surface area contributed by atoms with Gasteiger partial charge in [-0.1, -0.05) is 0 Å². The van der Waals surface area contributed by atoms with Gasteiger partial charge >= 0.3 is 12.2 Å². The molecule has 1 aromatic rings. The van der Waals surface area contributed by atoms with Crippen LogP contribution >= 0.6 is 0 Å². The van der Waals surface area contributed by atoms with E-state index in [2.05, 4.69) is 9.97 Å². The first-order valence-electron chi connectivity index (χ1n) is 9.62. The maximum atomic E-state index is 12.6. The normalized spacial score (nSPS) is 29.9. The monoisotopic (exact) mass is 399 g/mol. The van der Waals surface area contributed by atoms with Crippen molar-refractivity contribution in [1.29, 1.82) is 0 Å². The van der Waals surface area contributed by atoms with Crippen molar-refractivity contribution in [2.75, 3.05) is 13.1 Å². The molecule has 9 heteroatoms. The summed E-state index contributed by atoms with van der Waals surface area (Å²) in [7, 11) is 0. The maximum Gasteiger partial charge on any atom is 0.419 e. The SMILES string of the molecule is C[C@]1(O)C[C@@H](C(=O)N2CC3(CCC(Oc4ncc(C(F)(F)F)cn4)CC3)C2)C1. The van der Waals surface area contributed by atoms with Gasteiger partial charge in [0.1, 0.15) is 6.10 Å². The number of amides is 1. The van der Waals surface area contributed by atoms with Crippen LogP contribution in [0.15, 0.2) is 12.4 Å².